The lowest BCUT2D eigenvalue weighted by Gasteiger charge is -2.14. The predicted octanol–water partition coefficient (Wildman–Crippen LogP) is 1.69. The molecule has 1 aromatic rings. The number of amides is 1. The highest BCUT2D eigenvalue weighted by atomic mass is 32.2. The number of benzene rings is 1. The first-order chi connectivity index (χ1) is 11.0. The first-order valence-electron chi connectivity index (χ1n) is 6.91. The van der Waals surface area contributed by atoms with Crippen molar-refractivity contribution in [2.24, 2.45) is 0 Å². The summed E-state index contributed by atoms with van der Waals surface area (Å²) in [7, 11) is 0. The molecule has 0 saturated heterocycles. The van der Waals surface area contributed by atoms with Crippen molar-refractivity contribution in [3.8, 4) is 5.75 Å². The Bertz CT molecular complexity index is 566. The van der Waals surface area contributed by atoms with Crippen LogP contribution >= 0.6 is 11.8 Å². The molecule has 0 heterocycles. The lowest BCUT2D eigenvalue weighted by atomic mass is 10.2. The lowest BCUT2D eigenvalue weighted by Crippen LogP contribution is -2.43. The minimum Gasteiger partial charge on any atom is -0.480 e. The zero-order chi connectivity index (χ0) is 17.2. The number of nitrogens with one attached hydrogen (secondary N) is 1. The molecule has 0 aliphatic carbocycles. The summed E-state index contributed by atoms with van der Waals surface area (Å²) in [5.41, 5.74) is -0.255. The van der Waals surface area contributed by atoms with Crippen LogP contribution in [0.15, 0.2) is 24.3 Å². The predicted molar refractivity (Wildman–Crippen MR) is 85.8 cm³/mol. The molecule has 0 aromatic heterocycles. The normalized spacial score (nSPS) is 11.5. The van der Waals surface area contributed by atoms with Gasteiger partial charge in [0.2, 0.25) is 0 Å². The number of ether oxygens (including phenoxy) is 1. The zero-order valence-corrected chi connectivity index (χ0v) is 13.4. The maximum absolute atomic E-state index is 11.8. The van der Waals surface area contributed by atoms with Crippen molar-refractivity contribution in [1.82, 2.24) is 5.32 Å². The first kappa shape index (κ1) is 18.8. The third-order valence-corrected chi connectivity index (χ3v) is 3.74. The summed E-state index contributed by atoms with van der Waals surface area (Å²) in [4.78, 5) is 33.1. The second-order valence-corrected chi connectivity index (χ2v) is 5.85. The van der Waals surface area contributed by atoms with Gasteiger partial charge < -0.3 is 15.2 Å². The third kappa shape index (κ3) is 6.55. The average molecular weight is 342 g/mol. The first-order valence-corrected chi connectivity index (χ1v) is 8.07. The molecule has 0 bridgehead atoms. The number of para-hydroxylation sites is 2. The number of nitro benzene ring substituents is 1. The van der Waals surface area contributed by atoms with E-state index in [0.717, 1.165) is 5.75 Å². The fourth-order valence-electron chi connectivity index (χ4n) is 1.71. The van der Waals surface area contributed by atoms with Gasteiger partial charge in [-0.1, -0.05) is 19.1 Å². The maximum Gasteiger partial charge on any atom is 0.326 e. The number of rotatable bonds is 10. The summed E-state index contributed by atoms with van der Waals surface area (Å²) in [6.45, 7) is 1.47. The van der Waals surface area contributed by atoms with Crippen LogP contribution < -0.4 is 10.1 Å². The quantitative estimate of drug-likeness (QED) is 0.377. The van der Waals surface area contributed by atoms with Crippen molar-refractivity contribution < 1.29 is 24.4 Å². The van der Waals surface area contributed by atoms with Gasteiger partial charge in [0.1, 0.15) is 6.04 Å². The van der Waals surface area contributed by atoms with Gasteiger partial charge in [-0.25, -0.2) is 4.79 Å². The van der Waals surface area contributed by atoms with Gasteiger partial charge >= 0.3 is 11.7 Å². The van der Waals surface area contributed by atoms with Crippen LogP contribution in [0.1, 0.15) is 13.3 Å². The van der Waals surface area contributed by atoms with Crippen LogP contribution in [0.25, 0.3) is 0 Å². The molecular weight excluding hydrogens is 324 g/mol. The Balaban J connectivity index is 2.55. The monoisotopic (exact) mass is 342 g/mol. The molecule has 0 fully saturated rings. The Kier molecular flexibility index (Phi) is 7.89. The number of carboxylic acid groups (broad SMARTS) is 1. The summed E-state index contributed by atoms with van der Waals surface area (Å²) in [5.74, 6) is -0.335. The largest absolute Gasteiger partial charge is 0.480 e. The van der Waals surface area contributed by atoms with Gasteiger partial charge in [0.05, 0.1) is 4.92 Å². The summed E-state index contributed by atoms with van der Waals surface area (Å²) in [6, 6.07) is 4.66. The molecule has 9 heteroatoms. The molecule has 1 amide bonds. The van der Waals surface area contributed by atoms with Crippen molar-refractivity contribution >= 4 is 29.3 Å². The number of nitro groups is 1. The summed E-state index contributed by atoms with van der Waals surface area (Å²) in [5, 5.41) is 22.2. The van der Waals surface area contributed by atoms with E-state index < -0.39 is 29.4 Å². The summed E-state index contributed by atoms with van der Waals surface area (Å²) < 4.78 is 5.11. The number of carboxylic acids is 1. The number of nitrogens with zero attached hydrogens (tertiary/aromatic N) is 1. The smallest absolute Gasteiger partial charge is 0.326 e. The number of carbonyl (C=O) groups excluding carboxylic acids is 1. The van der Waals surface area contributed by atoms with Crippen LogP contribution in [0.4, 0.5) is 5.69 Å². The number of hydrogen-bond acceptors (Lipinski definition) is 6. The molecule has 0 aliphatic heterocycles. The van der Waals surface area contributed by atoms with Crippen molar-refractivity contribution in [1.29, 1.82) is 0 Å². The van der Waals surface area contributed by atoms with Crippen LogP contribution in [0, 0.1) is 10.1 Å². The van der Waals surface area contributed by atoms with Crippen molar-refractivity contribution in [3.05, 3.63) is 34.4 Å². The topological polar surface area (TPSA) is 119 Å². The highest BCUT2D eigenvalue weighted by Crippen LogP contribution is 2.25. The minimum absolute atomic E-state index is 0.0407. The van der Waals surface area contributed by atoms with Crippen LogP contribution in [0.2, 0.25) is 0 Å². The number of aliphatic carboxylic acids is 1. The van der Waals surface area contributed by atoms with Gasteiger partial charge in [-0.15, -0.1) is 0 Å². The van der Waals surface area contributed by atoms with E-state index in [1.54, 1.807) is 17.8 Å². The molecule has 1 aromatic carbocycles. The van der Waals surface area contributed by atoms with E-state index in [2.05, 4.69) is 5.32 Å². The number of hydrogen-bond donors (Lipinski definition) is 2. The Morgan fingerprint density at radius 1 is 1.43 bits per heavy atom. The highest BCUT2D eigenvalue weighted by molar-refractivity contribution is 7.99. The van der Waals surface area contributed by atoms with E-state index in [4.69, 9.17) is 9.84 Å². The van der Waals surface area contributed by atoms with E-state index in [1.165, 1.54) is 18.2 Å². The third-order valence-electron chi connectivity index (χ3n) is 2.81. The van der Waals surface area contributed by atoms with Crippen molar-refractivity contribution in [2.75, 3.05) is 18.1 Å². The van der Waals surface area contributed by atoms with Gasteiger partial charge in [0.25, 0.3) is 5.91 Å². The fraction of sp³-hybridized carbons (Fsp3) is 0.429. The highest BCUT2D eigenvalue weighted by Gasteiger charge is 2.21. The molecule has 23 heavy (non-hydrogen) atoms. The summed E-state index contributed by atoms with van der Waals surface area (Å²) in [6.07, 6.45) is 0.297. The molecule has 0 spiro atoms. The van der Waals surface area contributed by atoms with Crippen LogP contribution in [-0.2, 0) is 9.59 Å². The van der Waals surface area contributed by atoms with E-state index >= 15 is 0 Å². The average Bonchev–Trinajstić information content (AvgIpc) is 2.52. The van der Waals surface area contributed by atoms with Gasteiger partial charge in [0.15, 0.2) is 12.4 Å². The standard InChI is InChI=1S/C14H18N2O6S/c1-2-23-8-7-10(14(18)19)15-13(17)9-22-12-6-4-3-5-11(12)16(20)21/h3-6,10H,2,7-9H2,1H3,(H,15,17)(H,18,19). The van der Waals surface area contributed by atoms with E-state index in [-0.39, 0.29) is 11.4 Å². The lowest BCUT2D eigenvalue weighted by molar-refractivity contribution is -0.385. The molecule has 0 saturated carbocycles. The van der Waals surface area contributed by atoms with E-state index in [0.29, 0.717) is 12.2 Å². The summed E-state index contributed by atoms with van der Waals surface area (Å²) >= 11 is 1.58. The van der Waals surface area contributed by atoms with Gasteiger partial charge in [-0.05, 0) is 24.0 Å². The van der Waals surface area contributed by atoms with Gasteiger partial charge in [0, 0.05) is 6.07 Å². The van der Waals surface area contributed by atoms with Crippen LogP contribution in [0.3, 0.4) is 0 Å². The van der Waals surface area contributed by atoms with Crippen molar-refractivity contribution in [3.63, 3.8) is 0 Å². The Hall–Kier alpha value is -2.29. The number of thioether (sulfide) groups is 1. The molecule has 1 rings (SSSR count). The van der Waals surface area contributed by atoms with E-state index in [1.807, 2.05) is 6.92 Å². The number of carbonyl (C=O) groups is 2. The van der Waals surface area contributed by atoms with Crippen LogP contribution in [-0.4, -0.2) is 46.1 Å². The van der Waals surface area contributed by atoms with Gasteiger partial charge in [-0.2, -0.15) is 11.8 Å². The second kappa shape index (κ2) is 9.67. The minimum atomic E-state index is -1.12. The molecule has 0 radical (unpaired) electrons. The van der Waals surface area contributed by atoms with Crippen molar-refractivity contribution in [2.45, 2.75) is 19.4 Å². The fourth-order valence-corrected chi connectivity index (χ4v) is 2.40. The SMILES string of the molecule is CCSCCC(NC(=O)COc1ccccc1[N+](=O)[O-])C(=O)O. The van der Waals surface area contributed by atoms with Gasteiger partial charge in [-0.3, -0.25) is 14.9 Å². The van der Waals surface area contributed by atoms with E-state index in [9.17, 15) is 19.7 Å². The Morgan fingerprint density at radius 3 is 2.74 bits per heavy atom. The molecular formula is C14H18N2O6S. The molecule has 1 unspecified atom stereocenters. The molecule has 1 atom stereocenters. The molecule has 126 valence electrons. The molecule has 2 N–H and O–H groups in total. The molecule has 8 nitrogen and oxygen atoms in total. The maximum atomic E-state index is 11.8. The van der Waals surface area contributed by atoms with Crippen LogP contribution in [0.5, 0.6) is 5.75 Å². The Labute approximate surface area is 137 Å². The Morgan fingerprint density at radius 2 is 2.13 bits per heavy atom. The molecule has 0 aliphatic rings. The zero-order valence-electron chi connectivity index (χ0n) is 12.6. The second-order valence-electron chi connectivity index (χ2n) is 4.46.